The van der Waals surface area contributed by atoms with E-state index in [0.717, 1.165) is 31.3 Å². The van der Waals surface area contributed by atoms with E-state index in [9.17, 15) is 4.79 Å². The van der Waals surface area contributed by atoms with E-state index < -0.39 is 0 Å². The van der Waals surface area contributed by atoms with E-state index in [2.05, 4.69) is 52.6 Å². The Morgan fingerprint density at radius 1 is 1.25 bits per heavy atom. The molecule has 1 aromatic heterocycles. The number of nitrogens with one attached hydrogen (secondary N) is 1. The molecular weight excluding hydrogens is 352 g/mol. The molecule has 1 saturated carbocycles. The topological polar surface area (TPSA) is 65.8 Å². The fraction of sp³-hybridized carbons (Fsp3) is 0.476. The van der Waals surface area contributed by atoms with Gasteiger partial charge in [-0.2, -0.15) is 5.10 Å². The van der Waals surface area contributed by atoms with Gasteiger partial charge in [0.25, 0.3) is 0 Å². The maximum absolute atomic E-state index is 12.7. The quantitative estimate of drug-likeness (QED) is 0.634. The van der Waals surface area contributed by atoms with Crippen molar-refractivity contribution in [2.24, 2.45) is 12.0 Å². The summed E-state index contributed by atoms with van der Waals surface area (Å²) in [5, 5.41) is 7.55. The van der Waals surface area contributed by atoms with Gasteiger partial charge in [0.2, 0.25) is 5.91 Å². The number of aliphatic imine (C=N–C) groups is 1. The van der Waals surface area contributed by atoms with Crippen molar-refractivity contribution in [1.82, 2.24) is 20.0 Å². The van der Waals surface area contributed by atoms with Gasteiger partial charge in [-0.25, -0.2) is 0 Å². The van der Waals surface area contributed by atoms with Gasteiger partial charge in [-0.1, -0.05) is 30.3 Å². The van der Waals surface area contributed by atoms with Crippen LogP contribution in [0.5, 0.6) is 0 Å². The van der Waals surface area contributed by atoms with E-state index in [1.807, 2.05) is 13.2 Å². The summed E-state index contributed by atoms with van der Waals surface area (Å²) in [5.41, 5.74) is 2.39. The predicted molar refractivity (Wildman–Crippen MR) is 110 cm³/mol. The SMILES string of the molecule is CCNC(=NCC1(c2ccccc2)CC1)N1CCN(c2cnn(C)c2)C(=O)C1. The van der Waals surface area contributed by atoms with Gasteiger partial charge < -0.3 is 15.1 Å². The van der Waals surface area contributed by atoms with Gasteiger partial charge in [0.05, 0.1) is 18.4 Å². The fourth-order valence-corrected chi connectivity index (χ4v) is 3.81. The summed E-state index contributed by atoms with van der Waals surface area (Å²) in [7, 11) is 1.86. The summed E-state index contributed by atoms with van der Waals surface area (Å²) in [6.45, 7) is 5.33. The second-order valence-corrected chi connectivity index (χ2v) is 7.66. The second-order valence-electron chi connectivity index (χ2n) is 7.66. The number of nitrogens with zero attached hydrogens (tertiary/aromatic N) is 5. The highest BCUT2D eigenvalue weighted by molar-refractivity contribution is 5.98. The second kappa shape index (κ2) is 7.66. The molecule has 1 aromatic carbocycles. The Balaban J connectivity index is 1.45. The first-order valence-corrected chi connectivity index (χ1v) is 9.99. The van der Waals surface area contributed by atoms with Gasteiger partial charge in [-0.15, -0.1) is 0 Å². The zero-order valence-corrected chi connectivity index (χ0v) is 16.6. The Labute approximate surface area is 166 Å². The van der Waals surface area contributed by atoms with Crippen molar-refractivity contribution in [1.29, 1.82) is 0 Å². The molecule has 0 atom stereocenters. The molecule has 0 spiro atoms. The molecule has 1 saturated heterocycles. The number of guanidine groups is 1. The average Bonchev–Trinajstić information content (AvgIpc) is 3.39. The minimum Gasteiger partial charge on any atom is -0.357 e. The van der Waals surface area contributed by atoms with Crippen LogP contribution in [0, 0.1) is 0 Å². The van der Waals surface area contributed by atoms with Crippen molar-refractivity contribution in [3.8, 4) is 0 Å². The predicted octanol–water partition coefficient (Wildman–Crippen LogP) is 1.77. The molecule has 0 bridgehead atoms. The lowest BCUT2D eigenvalue weighted by molar-refractivity contribution is -0.120. The highest BCUT2D eigenvalue weighted by Gasteiger charge is 2.44. The molecule has 4 rings (SSSR count). The van der Waals surface area contributed by atoms with Crippen molar-refractivity contribution in [2.45, 2.75) is 25.2 Å². The number of aryl methyl sites for hydroxylation is 1. The van der Waals surface area contributed by atoms with Crippen molar-refractivity contribution in [3.05, 3.63) is 48.3 Å². The van der Waals surface area contributed by atoms with Crippen LogP contribution in [0.2, 0.25) is 0 Å². The smallest absolute Gasteiger partial charge is 0.246 e. The molecule has 0 unspecified atom stereocenters. The van der Waals surface area contributed by atoms with Crippen LogP contribution >= 0.6 is 0 Å². The monoisotopic (exact) mass is 380 g/mol. The van der Waals surface area contributed by atoms with Gasteiger partial charge >= 0.3 is 0 Å². The standard InChI is InChI=1S/C21H28N6O/c1-3-22-20(23-16-21(9-10-21)17-7-5-4-6-8-17)26-11-12-27(19(28)15-26)18-13-24-25(2)14-18/h4-8,13-14H,3,9-12,15-16H2,1-2H3,(H,22,23). The molecule has 1 N–H and O–H groups in total. The number of hydrogen-bond donors (Lipinski definition) is 1. The van der Waals surface area contributed by atoms with Crippen LogP contribution in [0.1, 0.15) is 25.3 Å². The van der Waals surface area contributed by atoms with Gasteiger partial charge in [0.15, 0.2) is 5.96 Å². The Morgan fingerprint density at radius 2 is 2.04 bits per heavy atom. The fourth-order valence-electron chi connectivity index (χ4n) is 3.81. The van der Waals surface area contributed by atoms with E-state index >= 15 is 0 Å². The van der Waals surface area contributed by atoms with Crippen LogP contribution in [0.15, 0.2) is 47.7 Å². The highest BCUT2D eigenvalue weighted by atomic mass is 16.2. The normalized spacial score (nSPS) is 19.1. The van der Waals surface area contributed by atoms with Gasteiger partial charge in [-0.3, -0.25) is 14.5 Å². The molecule has 7 nitrogen and oxygen atoms in total. The maximum Gasteiger partial charge on any atom is 0.246 e. The molecule has 2 aliphatic rings. The lowest BCUT2D eigenvalue weighted by Gasteiger charge is -2.35. The van der Waals surface area contributed by atoms with Crippen LogP contribution in [0.25, 0.3) is 0 Å². The number of aromatic nitrogens is 2. The van der Waals surface area contributed by atoms with Gasteiger partial charge in [-0.05, 0) is 25.3 Å². The van der Waals surface area contributed by atoms with E-state index in [1.54, 1.807) is 15.8 Å². The molecule has 28 heavy (non-hydrogen) atoms. The highest BCUT2D eigenvalue weighted by Crippen LogP contribution is 2.48. The van der Waals surface area contributed by atoms with Crippen LogP contribution < -0.4 is 10.2 Å². The average molecular weight is 380 g/mol. The molecule has 2 heterocycles. The molecular formula is C21H28N6O. The molecule has 148 valence electrons. The van der Waals surface area contributed by atoms with Crippen LogP contribution in [0.3, 0.4) is 0 Å². The van der Waals surface area contributed by atoms with Crippen molar-refractivity contribution in [3.63, 3.8) is 0 Å². The van der Waals surface area contributed by atoms with E-state index in [-0.39, 0.29) is 11.3 Å². The third-order valence-corrected chi connectivity index (χ3v) is 5.63. The van der Waals surface area contributed by atoms with Crippen molar-refractivity contribution >= 4 is 17.6 Å². The molecule has 0 radical (unpaired) electrons. The number of carbonyl (C=O) groups is 1. The third kappa shape index (κ3) is 3.74. The molecule has 1 aliphatic carbocycles. The first-order chi connectivity index (χ1) is 13.6. The molecule has 7 heteroatoms. The largest absolute Gasteiger partial charge is 0.357 e. The number of benzene rings is 1. The summed E-state index contributed by atoms with van der Waals surface area (Å²) >= 11 is 0. The molecule has 2 aromatic rings. The Hall–Kier alpha value is -2.83. The number of amides is 1. The number of hydrogen-bond acceptors (Lipinski definition) is 3. The lowest BCUT2D eigenvalue weighted by atomic mass is 9.96. The summed E-state index contributed by atoms with van der Waals surface area (Å²) in [6, 6.07) is 10.7. The molecule has 1 amide bonds. The Kier molecular flexibility index (Phi) is 5.07. The van der Waals surface area contributed by atoms with Gasteiger partial charge in [0, 0.05) is 38.3 Å². The summed E-state index contributed by atoms with van der Waals surface area (Å²) in [6.07, 6.45) is 5.97. The van der Waals surface area contributed by atoms with Crippen LogP contribution in [-0.2, 0) is 17.3 Å². The minimum absolute atomic E-state index is 0.0778. The first kappa shape index (κ1) is 18.5. The van der Waals surface area contributed by atoms with E-state index in [4.69, 9.17) is 4.99 Å². The Bertz CT molecular complexity index is 855. The molecule has 1 aliphatic heterocycles. The van der Waals surface area contributed by atoms with E-state index in [1.165, 1.54) is 18.4 Å². The third-order valence-electron chi connectivity index (χ3n) is 5.63. The van der Waals surface area contributed by atoms with Crippen molar-refractivity contribution in [2.75, 3.05) is 37.6 Å². The Morgan fingerprint density at radius 3 is 2.64 bits per heavy atom. The number of piperazine rings is 1. The number of anilines is 1. The summed E-state index contributed by atoms with van der Waals surface area (Å²) in [4.78, 5) is 21.5. The summed E-state index contributed by atoms with van der Waals surface area (Å²) in [5.74, 6) is 0.915. The zero-order chi connectivity index (χ0) is 19.6. The van der Waals surface area contributed by atoms with Gasteiger partial charge in [0.1, 0.15) is 6.54 Å². The van der Waals surface area contributed by atoms with Crippen molar-refractivity contribution < 1.29 is 4.79 Å². The maximum atomic E-state index is 12.7. The lowest BCUT2D eigenvalue weighted by Crippen LogP contribution is -2.55. The number of rotatable bonds is 5. The zero-order valence-electron chi connectivity index (χ0n) is 16.6. The summed E-state index contributed by atoms with van der Waals surface area (Å²) < 4.78 is 1.72. The minimum atomic E-state index is 0.0778. The van der Waals surface area contributed by atoms with Crippen LogP contribution in [0.4, 0.5) is 5.69 Å². The number of carbonyl (C=O) groups excluding carboxylic acids is 1. The first-order valence-electron chi connectivity index (χ1n) is 9.99. The van der Waals surface area contributed by atoms with E-state index in [0.29, 0.717) is 13.1 Å². The molecule has 2 fully saturated rings. The van der Waals surface area contributed by atoms with Crippen LogP contribution in [-0.4, -0.2) is 59.3 Å².